The van der Waals surface area contributed by atoms with Crippen molar-refractivity contribution in [3.8, 4) is 11.8 Å². The van der Waals surface area contributed by atoms with Crippen molar-refractivity contribution in [3.63, 3.8) is 0 Å². The van der Waals surface area contributed by atoms with Crippen LogP contribution >= 0.6 is 0 Å². The summed E-state index contributed by atoms with van der Waals surface area (Å²) in [5, 5.41) is 9.37. The van der Waals surface area contributed by atoms with Gasteiger partial charge in [-0.3, -0.25) is 9.36 Å². The van der Waals surface area contributed by atoms with Gasteiger partial charge in [0, 0.05) is 14.1 Å². The predicted octanol–water partition coefficient (Wildman–Crippen LogP) is 3.06. The predicted molar refractivity (Wildman–Crippen MR) is 120 cm³/mol. The van der Waals surface area contributed by atoms with E-state index in [1.165, 1.54) is 11.7 Å². The molecule has 0 bridgehead atoms. The van der Waals surface area contributed by atoms with Gasteiger partial charge in [-0.2, -0.15) is 5.26 Å². The fourth-order valence-electron chi connectivity index (χ4n) is 3.58. The maximum Gasteiger partial charge on any atom is 0.361 e. The first-order valence-corrected chi connectivity index (χ1v) is 10.0. The van der Waals surface area contributed by atoms with Crippen LogP contribution in [0.25, 0.3) is 0 Å². The third-order valence-corrected chi connectivity index (χ3v) is 5.05. The van der Waals surface area contributed by atoms with Crippen molar-refractivity contribution in [3.05, 3.63) is 87.3 Å². The molecule has 0 radical (unpaired) electrons. The minimum atomic E-state index is -0.737. The van der Waals surface area contributed by atoms with Crippen LogP contribution < -0.4 is 15.2 Å². The molecule has 0 amide bonds. The first-order valence-electron chi connectivity index (χ1n) is 10.0. The first kappa shape index (κ1) is 22.6. The lowest BCUT2D eigenvalue weighted by Gasteiger charge is -2.31. The quantitative estimate of drug-likeness (QED) is 0.529. The number of aromatic nitrogens is 2. The number of hydrogen-bond donors (Lipinski definition) is 0. The summed E-state index contributed by atoms with van der Waals surface area (Å²) in [6, 6.07) is 18.6. The van der Waals surface area contributed by atoms with Crippen LogP contribution in [0.5, 0.6) is 5.75 Å². The smallest absolute Gasteiger partial charge is 0.361 e. The Hall–Kier alpha value is -4.12. The second-order valence-electron chi connectivity index (χ2n) is 7.04. The summed E-state index contributed by atoms with van der Waals surface area (Å²) < 4.78 is 11.6. The minimum Gasteiger partial charge on any atom is -0.489 e. The maximum absolute atomic E-state index is 13.0. The van der Waals surface area contributed by atoms with Crippen molar-refractivity contribution in [1.82, 2.24) is 9.55 Å². The Kier molecular flexibility index (Phi) is 6.90. The lowest BCUT2D eigenvalue weighted by Crippen LogP contribution is -2.34. The Morgan fingerprint density at radius 2 is 1.88 bits per heavy atom. The molecule has 1 unspecified atom stereocenters. The van der Waals surface area contributed by atoms with Crippen molar-refractivity contribution >= 4 is 11.9 Å². The van der Waals surface area contributed by atoms with Crippen molar-refractivity contribution in [2.24, 2.45) is 7.05 Å². The molecule has 0 aliphatic carbocycles. The largest absolute Gasteiger partial charge is 0.489 e. The van der Waals surface area contributed by atoms with Crippen molar-refractivity contribution < 1.29 is 14.3 Å². The second kappa shape index (κ2) is 9.79. The molecular weight excluding hydrogens is 408 g/mol. The molecule has 3 aromatic rings. The van der Waals surface area contributed by atoms with Crippen LogP contribution in [0.15, 0.2) is 59.4 Å². The number of ether oxygens (including phenoxy) is 2. The molecule has 1 aromatic heterocycles. The van der Waals surface area contributed by atoms with Gasteiger partial charge in [0.25, 0.3) is 5.56 Å². The highest BCUT2D eigenvalue weighted by atomic mass is 16.5. The van der Waals surface area contributed by atoms with Crippen molar-refractivity contribution in [2.75, 3.05) is 25.7 Å². The van der Waals surface area contributed by atoms with Crippen molar-refractivity contribution in [1.29, 1.82) is 5.26 Å². The molecule has 3 rings (SSSR count). The molecule has 0 fully saturated rings. The number of esters is 1. The summed E-state index contributed by atoms with van der Waals surface area (Å²) in [6.45, 7) is 1.81. The Morgan fingerprint density at radius 3 is 2.50 bits per heavy atom. The van der Waals surface area contributed by atoms with Gasteiger partial charge in [-0.05, 0) is 30.2 Å². The van der Waals surface area contributed by atoms with E-state index in [1.807, 2.05) is 42.5 Å². The van der Waals surface area contributed by atoms with Gasteiger partial charge in [0.05, 0.1) is 31.4 Å². The zero-order valence-corrected chi connectivity index (χ0v) is 18.4. The fourth-order valence-corrected chi connectivity index (χ4v) is 3.58. The van der Waals surface area contributed by atoms with Gasteiger partial charge >= 0.3 is 5.97 Å². The van der Waals surface area contributed by atoms with Crippen LogP contribution in [0, 0.1) is 11.3 Å². The van der Waals surface area contributed by atoms with E-state index in [-0.39, 0.29) is 30.0 Å². The number of hydrogen-bond acceptors (Lipinski definition) is 7. The molecule has 164 valence electrons. The molecule has 8 heteroatoms. The summed E-state index contributed by atoms with van der Waals surface area (Å²) in [5.74, 6) is -0.666. The Bertz CT molecular complexity index is 1210. The SMILES string of the molecule is CCOC(=O)c1nc(N(C)C(c2ccccc2)c2cccc(C#N)c2)n(C)c(=O)c1OC. The summed E-state index contributed by atoms with van der Waals surface area (Å²) in [7, 11) is 4.65. The highest BCUT2D eigenvalue weighted by Crippen LogP contribution is 2.31. The second-order valence-corrected chi connectivity index (χ2v) is 7.04. The topological polar surface area (TPSA) is 97.5 Å². The van der Waals surface area contributed by atoms with Crippen LogP contribution in [-0.2, 0) is 11.8 Å². The number of methoxy groups -OCH3 is 1. The highest BCUT2D eigenvalue weighted by Gasteiger charge is 2.28. The molecule has 32 heavy (non-hydrogen) atoms. The molecule has 2 aromatic carbocycles. The average Bonchev–Trinajstić information content (AvgIpc) is 2.81. The van der Waals surface area contributed by atoms with E-state index >= 15 is 0 Å². The lowest BCUT2D eigenvalue weighted by molar-refractivity contribution is 0.0514. The zero-order valence-electron chi connectivity index (χ0n) is 18.4. The molecule has 0 saturated heterocycles. The van der Waals surface area contributed by atoms with Crippen molar-refractivity contribution in [2.45, 2.75) is 13.0 Å². The number of carbonyl (C=O) groups excluding carboxylic acids is 1. The molecule has 8 nitrogen and oxygen atoms in total. The fraction of sp³-hybridized carbons (Fsp3) is 0.250. The Morgan fingerprint density at radius 1 is 1.19 bits per heavy atom. The van der Waals surface area contributed by atoms with Gasteiger partial charge in [-0.15, -0.1) is 0 Å². The Labute approximate surface area is 186 Å². The van der Waals surface area contributed by atoms with Crippen LogP contribution in [0.2, 0.25) is 0 Å². The highest BCUT2D eigenvalue weighted by molar-refractivity contribution is 5.90. The molecule has 0 aliphatic heterocycles. The number of anilines is 1. The maximum atomic E-state index is 13.0. The number of rotatable bonds is 7. The zero-order chi connectivity index (χ0) is 23.3. The van der Waals surface area contributed by atoms with Crippen LogP contribution in [0.4, 0.5) is 5.95 Å². The van der Waals surface area contributed by atoms with Crippen LogP contribution in [0.3, 0.4) is 0 Å². The first-order chi connectivity index (χ1) is 15.4. The molecule has 1 atom stereocenters. The summed E-state index contributed by atoms with van der Waals surface area (Å²) in [4.78, 5) is 31.7. The standard InChI is InChI=1S/C24H24N4O4/c1-5-32-23(30)19-21(31-4)22(29)28(3)24(26-19)27(2)20(17-11-7-6-8-12-17)18-13-9-10-16(14-18)15-25/h6-14,20H,5H2,1-4H3. The van der Waals surface area contributed by atoms with Gasteiger partial charge in [0.1, 0.15) is 0 Å². The number of nitriles is 1. The lowest BCUT2D eigenvalue weighted by atomic mass is 9.96. The van der Waals surface area contributed by atoms with Gasteiger partial charge in [-0.1, -0.05) is 42.5 Å². The van der Waals surface area contributed by atoms with E-state index in [0.29, 0.717) is 5.56 Å². The monoisotopic (exact) mass is 432 g/mol. The molecule has 0 spiro atoms. The van der Waals surface area contributed by atoms with E-state index in [0.717, 1.165) is 11.1 Å². The van der Waals surface area contributed by atoms with Crippen LogP contribution in [-0.4, -0.2) is 36.3 Å². The van der Waals surface area contributed by atoms with E-state index in [4.69, 9.17) is 9.47 Å². The van der Waals surface area contributed by atoms with E-state index in [1.54, 1.807) is 38.1 Å². The van der Waals surface area contributed by atoms with Gasteiger partial charge < -0.3 is 14.4 Å². The number of nitrogens with zero attached hydrogens (tertiary/aromatic N) is 4. The van der Waals surface area contributed by atoms with E-state index in [2.05, 4.69) is 11.1 Å². The minimum absolute atomic E-state index is 0.137. The average molecular weight is 432 g/mol. The molecule has 1 heterocycles. The Balaban J connectivity index is 2.22. The molecule has 0 N–H and O–H groups in total. The third kappa shape index (κ3) is 4.32. The summed E-state index contributed by atoms with van der Waals surface area (Å²) in [5.41, 5.74) is 1.58. The van der Waals surface area contributed by atoms with E-state index < -0.39 is 11.5 Å². The molecule has 0 saturated carbocycles. The molecule has 0 aliphatic rings. The van der Waals surface area contributed by atoms with Gasteiger partial charge in [-0.25, -0.2) is 9.78 Å². The summed E-state index contributed by atoms with van der Waals surface area (Å²) >= 11 is 0. The van der Waals surface area contributed by atoms with Crippen LogP contribution in [0.1, 0.15) is 40.1 Å². The molecular formula is C24H24N4O4. The normalized spacial score (nSPS) is 11.3. The van der Waals surface area contributed by atoms with Gasteiger partial charge in [0.2, 0.25) is 11.7 Å². The van der Waals surface area contributed by atoms with E-state index in [9.17, 15) is 14.9 Å². The summed E-state index contributed by atoms with van der Waals surface area (Å²) in [6.07, 6.45) is 0. The number of carbonyl (C=O) groups is 1. The number of benzene rings is 2. The van der Waals surface area contributed by atoms with Gasteiger partial charge in [0.15, 0.2) is 5.69 Å². The third-order valence-electron chi connectivity index (χ3n) is 5.05.